The lowest BCUT2D eigenvalue weighted by atomic mass is 9.92. The molecule has 0 radical (unpaired) electrons. The monoisotopic (exact) mass is 364 g/mol. The minimum atomic E-state index is -0.341. The Morgan fingerprint density at radius 1 is 0.963 bits per heavy atom. The molecule has 3 N–H and O–H groups in total. The van der Waals surface area contributed by atoms with Crippen molar-refractivity contribution in [1.29, 1.82) is 0 Å². The lowest BCUT2D eigenvalue weighted by Gasteiger charge is -2.13. The molecule has 2 aromatic carbocycles. The number of nitrogens with one attached hydrogen (secondary N) is 3. The average Bonchev–Trinajstić information content (AvgIpc) is 3.07. The number of aromatic amines is 1. The summed E-state index contributed by atoms with van der Waals surface area (Å²) in [7, 11) is 0. The van der Waals surface area contributed by atoms with Crippen LogP contribution in [0.5, 0.6) is 11.5 Å². The maximum absolute atomic E-state index is 12.1. The van der Waals surface area contributed by atoms with Gasteiger partial charge in [-0.1, -0.05) is 38.5 Å². The van der Waals surface area contributed by atoms with Crippen LogP contribution in [-0.2, 0) is 5.41 Å². The molecule has 0 atom stereocenters. The molecule has 0 unspecified atom stereocenters. The van der Waals surface area contributed by atoms with E-state index in [1.165, 1.54) is 5.56 Å². The minimum absolute atomic E-state index is 0.0831. The average molecular weight is 364 g/mol. The van der Waals surface area contributed by atoms with Crippen molar-refractivity contribution in [3.8, 4) is 11.5 Å². The number of carbonyl (C=O) groups is 1. The van der Waals surface area contributed by atoms with Gasteiger partial charge in [0.05, 0.1) is 5.69 Å². The van der Waals surface area contributed by atoms with E-state index in [0.29, 0.717) is 17.3 Å². The Bertz CT molecular complexity index is 907. The zero-order valence-electron chi connectivity index (χ0n) is 16.0. The van der Waals surface area contributed by atoms with Crippen LogP contribution in [0, 0.1) is 6.92 Å². The topological polar surface area (TPSA) is 79.0 Å². The van der Waals surface area contributed by atoms with Crippen LogP contribution in [0.25, 0.3) is 0 Å². The molecule has 3 aromatic rings. The fourth-order valence-corrected chi connectivity index (χ4v) is 2.40. The molecule has 0 fully saturated rings. The maximum atomic E-state index is 12.1. The number of amides is 2. The normalized spacial score (nSPS) is 11.1. The summed E-state index contributed by atoms with van der Waals surface area (Å²) in [5.41, 5.74) is 2.65. The molecule has 2 amide bonds. The number of hydrogen-bond acceptors (Lipinski definition) is 3. The summed E-state index contributed by atoms with van der Waals surface area (Å²) in [5.74, 6) is 2.03. The first-order valence-electron chi connectivity index (χ1n) is 8.78. The Kier molecular flexibility index (Phi) is 5.16. The highest BCUT2D eigenvalue weighted by atomic mass is 16.5. The summed E-state index contributed by atoms with van der Waals surface area (Å²) < 4.78 is 5.78. The number of aromatic nitrogens is 2. The molecule has 3 rings (SSSR count). The van der Waals surface area contributed by atoms with E-state index in [2.05, 4.69) is 41.6 Å². The summed E-state index contributed by atoms with van der Waals surface area (Å²) in [5, 5.41) is 12.6. The van der Waals surface area contributed by atoms with E-state index in [9.17, 15) is 4.79 Å². The van der Waals surface area contributed by atoms with Crippen molar-refractivity contribution in [1.82, 2.24) is 10.2 Å². The van der Waals surface area contributed by atoms with E-state index in [1.54, 1.807) is 12.1 Å². The van der Waals surface area contributed by atoms with Crippen molar-refractivity contribution in [2.75, 3.05) is 10.6 Å². The number of aryl methyl sites for hydroxylation is 1. The second-order valence-corrected chi connectivity index (χ2v) is 7.44. The molecule has 1 heterocycles. The van der Waals surface area contributed by atoms with Gasteiger partial charge in [0.15, 0.2) is 0 Å². The first-order valence-corrected chi connectivity index (χ1v) is 8.78. The number of nitrogens with zero attached hydrogens (tertiary/aromatic N) is 1. The van der Waals surface area contributed by atoms with Gasteiger partial charge in [-0.3, -0.25) is 10.4 Å². The van der Waals surface area contributed by atoms with Crippen LogP contribution < -0.4 is 15.4 Å². The molecule has 0 saturated heterocycles. The Labute approximate surface area is 159 Å². The lowest BCUT2D eigenvalue weighted by molar-refractivity contribution is 0.262. The molecule has 1 aromatic heterocycles. The Hall–Kier alpha value is -3.28. The smallest absolute Gasteiger partial charge is 0.324 e. The van der Waals surface area contributed by atoms with Crippen molar-refractivity contribution in [3.63, 3.8) is 0 Å². The number of carbonyl (C=O) groups excluding carboxylic acids is 1. The van der Waals surface area contributed by atoms with Gasteiger partial charge in [0.25, 0.3) is 0 Å². The predicted octanol–water partition coefficient (Wildman–Crippen LogP) is 5.45. The van der Waals surface area contributed by atoms with Gasteiger partial charge in [-0.05, 0) is 43.3 Å². The molecule has 0 aliphatic rings. The van der Waals surface area contributed by atoms with Crippen molar-refractivity contribution < 1.29 is 9.53 Å². The van der Waals surface area contributed by atoms with Crippen molar-refractivity contribution in [2.24, 2.45) is 0 Å². The maximum Gasteiger partial charge on any atom is 0.324 e. The number of urea groups is 1. The van der Waals surface area contributed by atoms with Gasteiger partial charge >= 0.3 is 6.03 Å². The molecule has 0 aliphatic carbocycles. The van der Waals surface area contributed by atoms with E-state index < -0.39 is 0 Å². The van der Waals surface area contributed by atoms with Crippen LogP contribution in [0.1, 0.15) is 32.0 Å². The first kappa shape index (κ1) is 18.5. The summed E-state index contributed by atoms with van der Waals surface area (Å²) in [6.07, 6.45) is 0. The number of benzene rings is 2. The molecule has 140 valence electrons. The molecule has 27 heavy (non-hydrogen) atoms. The van der Waals surface area contributed by atoms with E-state index in [4.69, 9.17) is 4.74 Å². The standard InChI is InChI=1S/C21H24N4O2/c1-14-5-9-16(10-6-14)27-17-11-7-15(8-12-17)22-20(26)23-19-13-18(24-25-19)21(2,3)4/h5-13H,1-4H3,(H3,22,23,24,25,26). The van der Waals surface area contributed by atoms with Crippen LogP contribution >= 0.6 is 0 Å². The first-order chi connectivity index (χ1) is 12.8. The van der Waals surface area contributed by atoms with E-state index in [1.807, 2.05) is 49.4 Å². The SMILES string of the molecule is Cc1ccc(Oc2ccc(NC(=O)Nc3cc(C(C)(C)C)n[nH]3)cc2)cc1. The van der Waals surface area contributed by atoms with Gasteiger partial charge in [-0.15, -0.1) is 0 Å². The minimum Gasteiger partial charge on any atom is -0.457 e. The molecule has 0 saturated carbocycles. The van der Waals surface area contributed by atoms with E-state index in [-0.39, 0.29) is 11.4 Å². The Morgan fingerprint density at radius 3 is 2.11 bits per heavy atom. The molecule has 0 spiro atoms. The fourth-order valence-electron chi connectivity index (χ4n) is 2.40. The van der Waals surface area contributed by atoms with Crippen LogP contribution in [0.3, 0.4) is 0 Å². The van der Waals surface area contributed by atoms with Gasteiger partial charge in [-0.2, -0.15) is 5.10 Å². The summed E-state index contributed by atoms with van der Waals surface area (Å²) >= 11 is 0. The summed E-state index contributed by atoms with van der Waals surface area (Å²) in [4.78, 5) is 12.1. The van der Waals surface area contributed by atoms with Crippen molar-refractivity contribution >= 4 is 17.5 Å². The largest absolute Gasteiger partial charge is 0.457 e. The Morgan fingerprint density at radius 2 is 1.56 bits per heavy atom. The fraction of sp³-hybridized carbons (Fsp3) is 0.238. The van der Waals surface area contributed by atoms with Crippen LogP contribution in [0.15, 0.2) is 54.6 Å². The summed E-state index contributed by atoms with van der Waals surface area (Å²) in [6.45, 7) is 8.22. The number of H-pyrrole nitrogens is 1. The predicted molar refractivity (Wildman–Crippen MR) is 108 cm³/mol. The van der Waals surface area contributed by atoms with Crippen molar-refractivity contribution in [3.05, 3.63) is 65.9 Å². The molecular weight excluding hydrogens is 340 g/mol. The van der Waals surface area contributed by atoms with Crippen LogP contribution in [0.4, 0.5) is 16.3 Å². The third-order valence-electron chi connectivity index (χ3n) is 3.96. The molecule has 6 nitrogen and oxygen atoms in total. The zero-order chi connectivity index (χ0) is 19.4. The quantitative estimate of drug-likeness (QED) is 0.576. The molecule has 0 aliphatic heterocycles. The van der Waals surface area contributed by atoms with Gasteiger partial charge in [-0.25, -0.2) is 4.79 Å². The Balaban J connectivity index is 1.56. The zero-order valence-corrected chi connectivity index (χ0v) is 16.0. The third kappa shape index (κ3) is 5.10. The lowest BCUT2D eigenvalue weighted by Crippen LogP contribution is -2.19. The number of rotatable bonds is 4. The molecular formula is C21H24N4O2. The highest BCUT2D eigenvalue weighted by Crippen LogP contribution is 2.24. The highest BCUT2D eigenvalue weighted by Gasteiger charge is 2.18. The van der Waals surface area contributed by atoms with Crippen LogP contribution in [0.2, 0.25) is 0 Å². The third-order valence-corrected chi connectivity index (χ3v) is 3.96. The number of hydrogen-bond donors (Lipinski definition) is 3. The second kappa shape index (κ2) is 7.53. The highest BCUT2D eigenvalue weighted by molar-refractivity contribution is 5.99. The van der Waals surface area contributed by atoms with Crippen molar-refractivity contribution in [2.45, 2.75) is 33.1 Å². The van der Waals surface area contributed by atoms with Gasteiger partial charge < -0.3 is 10.1 Å². The molecule has 6 heteroatoms. The van der Waals surface area contributed by atoms with Gasteiger partial charge in [0.2, 0.25) is 0 Å². The van der Waals surface area contributed by atoms with Gasteiger partial charge in [0, 0.05) is 17.2 Å². The number of anilines is 2. The second-order valence-electron chi connectivity index (χ2n) is 7.44. The van der Waals surface area contributed by atoms with E-state index >= 15 is 0 Å². The van der Waals surface area contributed by atoms with Gasteiger partial charge in [0.1, 0.15) is 17.3 Å². The van der Waals surface area contributed by atoms with E-state index in [0.717, 1.165) is 11.4 Å². The number of ether oxygens (including phenoxy) is 1. The molecule has 0 bridgehead atoms. The van der Waals surface area contributed by atoms with Crippen LogP contribution in [-0.4, -0.2) is 16.2 Å². The summed E-state index contributed by atoms with van der Waals surface area (Å²) in [6, 6.07) is 16.5.